The molecule has 4 atom stereocenters. The number of aliphatic hydroxyl groups is 1. The molecule has 0 amide bonds. The van der Waals surface area contributed by atoms with E-state index in [1.54, 1.807) is 0 Å². The highest BCUT2D eigenvalue weighted by Gasteiger charge is 2.47. The lowest BCUT2D eigenvalue weighted by atomic mass is 9.57. The van der Waals surface area contributed by atoms with Gasteiger partial charge in [-0.15, -0.1) is 0 Å². The molecule has 2 heteroatoms. The van der Waals surface area contributed by atoms with Crippen LogP contribution >= 0.6 is 0 Å². The minimum atomic E-state index is -0.633. The van der Waals surface area contributed by atoms with E-state index < -0.39 is 5.60 Å². The largest absolute Gasteiger partial charge is 0.390 e. The summed E-state index contributed by atoms with van der Waals surface area (Å²) in [6, 6.07) is 0. The van der Waals surface area contributed by atoms with Crippen molar-refractivity contribution in [1.29, 1.82) is 0 Å². The Hall–Kier alpha value is -0.370. The Balaban J connectivity index is 2.14. The van der Waals surface area contributed by atoms with E-state index in [9.17, 15) is 9.90 Å². The first-order valence-electron chi connectivity index (χ1n) is 7.35. The van der Waals surface area contributed by atoms with Crippen molar-refractivity contribution in [2.24, 2.45) is 29.1 Å². The first-order valence-corrected chi connectivity index (χ1v) is 7.35. The van der Waals surface area contributed by atoms with Gasteiger partial charge in [-0.3, -0.25) is 4.79 Å². The molecule has 2 rings (SSSR count). The van der Waals surface area contributed by atoms with Crippen LogP contribution in [0.3, 0.4) is 0 Å². The molecule has 2 saturated carbocycles. The van der Waals surface area contributed by atoms with Crippen molar-refractivity contribution in [3.8, 4) is 0 Å². The fourth-order valence-corrected chi connectivity index (χ4v) is 3.84. The minimum Gasteiger partial charge on any atom is -0.390 e. The summed E-state index contributed by atoms with van der Waals surface area (Å²) in [5.74, 6) is 1.85. The molecular formula is C16H28O2. The van der Waals surface area contributed by atoms with E-state index in [4.69, 9.17) is 0 Å². The second-order valence-electron chi connectivity index (χ2n) is 8.15. The van der Waals surface area contributed by atoms with Crippen LogP contribution in [0.1, 0.15) is 60.3 Å². The van der Waals surface area contributed by atoms with Gasteiger partial charge in [-0.1, -0.05) is 20.8 Å². The lowest BCUT2D eigenvalue weighted by Crippen LogP contribution is -2.47. The Morgan fingerprint density at radius 3 is 1.61 bits per heavy atom. The van der Waals surface area contributed by atoms with Crippen molar-refractivity contribution in [2.75, 3.05) is 0 Å². The van der Waals surface area contributed by atoms with Crippen LogP contribution in [-0.2, 0) is 4.79 Å². The summed E-state index contributed by atoms with van der Waals surface area (Å²) < 4.78 is 0. The summed E-state index contributed by atoms with van der Waals surface area (Å²) in [6.07, 6.45) is 3.85. The first-order chi connectivity index (χ1) is 8.09. The molecule has 2 fully saturated rings. The molecule has 0 aromatic heterocycles. The van der Waals surface area contributed by atoms with Crippen LogP contribution < -0.4 is 0 Å². The van der Waals surface area contributed by atoms with Crippen molar-refractivity contribution in [3.05, 3.63) is 0 Å². The maximum Gasteiger partial charge on any atom is 0.139 e. The van der Waals surface area contributed by atoms with Crippen LogP contribution in [0.4, 0.5) is 0 Å². The van der Waals surface area contributed by atoms with Gasteiger partial charge in [-0.2, -0.15) is 0 Å². The molecule has 2 unspecified atom stereocenters. The minimum absolute atomic E-state index is 0.207. The maximum absolute atomic E-state index is 12.3. The van der Waals surface area contributed by atoms with Crippen molar-refractivity contribution in [2.45, 2.75) is 65.9 Å². The standard InChI is InChI=1S/C16H28O2/c1-15(2,3)12-6-10-8-13(16(4,5)18)9-11(7-12)14(10)17/h10-13,18H,6-9H2,1-5H3/t10-,11+,12?,13?. The van der Waals surface area contributed by atoms with E-state index >= 15 is 0 Å². The molecule has 2 aliphatic carbocycles. The Kier molecular flexibility index (Phi) is 3.38. The van der Waals surface area contributed by atoms with E-state index in [0.29, 0.717) is 23.0 Å². The Morgan fingerprint density at radius 1 is 0.889 bits per heavy atom. The summed E-state index contributed by atoms with van der Waals surface area (Å²) in [7, 11) is 0. The molecule has 0 aromatic rings. The van der Waals surface area contributed by atoms with Gasteiger partial charge in [-0.25, -0.2) is 0 Å². The fourth-order valence-electron chi connectivity index (χ4n) is 3.84. The van der Waals surface area contributed by atoms with Crippen LogP contribution in [0.2, 0.25) is 0 Å². The normalized spacial score (nSPS) is 37.8. The summed E-state index contributed by atoms with van der Waals surface area (Å²) in [5.41, 5.74) is -0.329. The van der Waals surface area contributed by atoms with Gasteiger partial charge in [0.2, 0.25) is 0 Å². The Morgan fingerprint density at radius 2 is 1.28 bits per heavy atom. The third kappa shape index (κ3) is 2.64. The van der Waals surface area contributed by atoms with Crippen LogP contribution in [0, 0.1) is 29.1 Å². The van der Waals surface area contributed by atoms with E-state index in [2.05, 4.69) is 20.8 Å². The topological polar surface area (TPSA) is 37.3 Å². The van der Waals surface area contributed by atoms with E-state index in [1.165, 1.54) is 0 Å². The Bertz CT molecular complexity index is 288. The summed E-state index contributed by atoms with van der Waals surface area (Å²) in [5, 5.41) is 10.2. The zero-order chi connectivity index (χ0) is 13.7. The predicted molar refractivity (Wildman–Crippen MR) is 73.2 cm³/mol. The molecule has 0 saturated heterocycles. The van der Waals surface area contributed by atoms with Gasteiger partial charge in [-0.05, 0) is 56.8 Å². The second-order valence-corrected chi connectivity index (χ2v) is 8.15. The fraction of sp³-hybridized carbons (Fsp3) is 0.938. The van der Waals surface area contributed by atoms with Gasteiger partial charge in [0, 0.05) is 11.8 Å². The average Bonchev–Trinajstić information content (AvgIpc) is 2.12. The number of carbonyl (C=O) groups is 1. The summed E-state index contributed by atoms with van der Waals surface area (Å²) in [6.45, 7) is 10.7. The van der Waals surface area contributed by atoms with Gasteiger partial charge >= 0.3 is 0 Å². The smallest absolute Gasteiger partial charge is 0.139 e. The molecule has 18 heavy (non-hydrogen) atoms. The third-order valence-electron chi connectivity index (χ3n) is 5.30. The van der Waals surface area contributed by atoms with Crippen LogP contribution in [0.5, 0.6) is 0 Å². The molecule has 0 heterocycles. The first kappa shape index (κ1) is 14.0. The molecule has 1 N–H and O–H groups in total. The second kappa shape index (κ2) is 4.33. The van der Waals surface area contributed by atoms with Gasteiger partial charge in [0.1, 0.15) is 5.78 Å². The van der Waals surface area contributed by atoms with Crippen LogP contribution in [0.15, 0.2) is 0 Å². The highest BCUT2D eigenvalue weighted by molar-refractivity contribution is 5.85. The molecule has 0 aromatic carbocycles. The number of Topliss-reactive ketones (excluding diaryl/α,β-unsaturated/α-hetero) is 1. The predicted octanol–water partition coefficient (Wildman–Crippen LogP) is 3.42. The number of rotatable bonds is 1. The lowest BCUT2D eigenvalue weighted by molar-refractivity contribution is -0.141. The zero-order valence-corrected chi connectivity index (χ0v) is 12.5. The highest BCUT2D eigenvalue weighted by Crippen LogP contribution is 2.49. The molecule has 2 aliphatic rings. The Labute approximate surface area is 111 Å². The SMILES string of the molecule is CC(C)(C)C1C[C@@H]2CC(C(C)(C)O)C[C@H](C1)C2=O. The van der Waals surface area contributed by atoms with E-state index in [-0.39, 0.29) is 11.8 Å². The van der Waals surface area contributed by atoms with Gasteiger partial charge in [0.05, 0.1) is 5.60 Å². The molecule has 0 radical (unpaired) electrons. The third-order valence-corrected chi connectivity index (χ3v) is 5.30. The number of ketones is 1. The van der Waals surface area contributed by atoms with Gasteiger partial charge < -0.3 is 5.11 Å². The monoisotopic (exact) mass is 252 g/mol. The number of fused-ring (bicyclic) bond motifs is 2. The molecule has 2 bridgehead atoms. The van der Waals surface area contributed by atoms with Crippen LogP contribution in [0.25, 0.3) is 0 Å². The van der Waals surface area contributed by atoms with Crippen molar-refractivity contribution < 1.29 is 9.90 Å². The number of hydrogen-bond acceptors (Lipinski definition) is 2. The zero-order valence-electron chi connectivity index (χ0n) is 12.5. The highest BCUT2D eigenvalue weighted by atomic mass is 16.3. The molecule has 0 aliphatic heterocycles. The summed E-state index contributed by atoms with van der Waals surface area (Å²) in [4.78, 5) is 12.3. The molecule has 104 valence electrons. The van der Waals surface area contributed by atoms with Gasteiger partial charge in [0.25, 0.3) is 0 Å². The van der Waals surface area contributed by atoms with Crippen molar-refractivity contribution >= 4 is 5.78 Å². The van der Waals surface area contributed by atoms with Gasteiger partial charge in [0.15, 0.2) is 0 Å². The molecular weight excluding hydrogens is 224 g/mol. The lowest BCUT2D eigenvalue weighted by Gasteiger charge is -2.47. The molecule has 2 nitrogen and oxygen atoms in total. The van der Waals surface area contributed by atoms with Crippen molar-refractivity contribution in [1.82, 2.24) is 0 Å². The summed E-state index contributed by atoms with van der Waals surface area (Å²) >= 11 is 0. The van der Waals surface area contributed by atoms with Crippen molar-refractivity contribution in [3.63, 3.8) is 0 Å². The number of carbonyl (C=O) groups excluding carboxylic acids is 1. The van der Waals surface area contributed by atoms with Crippen LogP contribution in [-0.4, -0.2) is 16.5 Å². The molecule has 0 spiro atoms. The van der Waals surface area contributed by atoms with E-state index in [1.807, 2.05) is 13.8 Å². The maximum atomic E-state index is 12.3. The average molecular weight is 252 g/mol. The number of hydrogen-bond donors (Lipinski definition) is 1. The van der Waals surface area contributed by atoms with E-state index in [0.717, 1.165) is 25.7 Å². The quantitative estimate of drug-likeness (QED) is 0.776.